The number of anilines is 1. The number of rotatable bonds is 2. The highest BCUT2D eigenvalue weighted by molar-refractivity contribution is 6.02. The smallest absolute Gasteiger partial charge is 0.409 e. The molecule has 1 rings (SSSR count). The highest BCUT2D eigenvalue weighted by Crippen LogP contribution is 2.32. The largest absolute Gasteiger partial charge is 0.416 e. The summed E-state index contributed by atoms with van der Waals surface area (Å²) in [4.78, 5) is 1.58. The molecule has 4 nitrogen and oxygen atoms in total. The summed E-state index contributed by atoms with van der Waals surface area (Å²) < 4.78 is 37.5. The lowest BCUT2D eigenvalue weighted by atomic mass is 10.1. The van der Waals surface area contributed by atoms with Gasteiger partial charge in [-0.1, -0.05) is 5.16 Å². The van der Waals surface area contributed by atoms with Crippen molar-refractivity contribution in [1.29, 1.82) is 0 Å². The van der Waals surface area contributed by atoms with E-state index in [2.05, 4.69) is 5.16 Å². The Balaban J connectivity index is 3.40. The molecular formula is C10H12F3N3O. The average Bonchev–Trinajstić information content (AvgIpc) is 2.25. The molecule has 0 saturated heterocycles. The van der Waals surface area contributed by atoms with Crippen molar-refractivity contribution in [2.75, 3.05) is 19.0 Å². The van der Waals surface area contributed by atoms with E-state index in [1.165, 1.54) is 6.07 Å². The number of hydrogen-bond donors (Lipinski definition) is 2. The van der Waals surface area contributed by atoms with E-state index in [9.17, 15) is 13.2 Å². The first-order chi connectivity index (χ1) is 7.77. The minimum absolute atomic E-state index is 0.0346. The summed E-state index contributed by atoms with van der Waals surface area (Å²) in [6.45, 7) is 0. The fraction of sp³-hybridized carbons (Fsp3) is 0.300. The van der Waals surface area contributed by atoms with Crippen LogP contribution in [0.3, 0.4) is 0 Å². The molecule has 0 radical (unpaired) electrons. The Labute approximate surface area is 96.1 Å². The third kappa shape index (κ3) is 2.80. The van der Waals surface area contributed by atoms with Crippen molar-refractivity contribution in [2.24, 2.45) is 10.9 Å². The van der Waals surface area contributed by atoms with E-state index in [1.54, 1.807) is 19.0 Å². The van der Waals surface area contributed by atoms with Gasteiger partial charge in [0.25, 0.3) is 0 Å². The maximum atomic E-state index is 12.5. The monoisotopic (exact) mass is 247 g/mol. The summed E-state index contributed by atoms with van der Waals surface area (Å²) in [5.74, 6) is -0.361. The summed E-state index contributed by atoms with van der Waals surface area (Å²) in [5, 5.41) is 11.3. The number of nitrogens with zero attached hydrogens (tertiary/aromatic N) is 2. The minimum Gasteiger partial charge on any atom is -0.409 e. The molecule has 0 aliphatic rings. The zero-order chi connectivity index (χ0) is 13.2. The normalized spacial score (nSPS) is 12.6. The second-order valence-corrected chi connectivity index (χ2v) is 3.61. The number of alkyl halides is 3. The van der Waals surface area contributed by atoms with Crippen LogP contribution in [-0.2, 0) is 6.18 Å². The molecule has 0 heterocycles. The van der Waals surface area contributed by atoms with Crippen LogP contribution in [0.1, 0.15) is 11.1 Å². The second-order valence-electron chi connectivity index (χ2n) is 3.61. The van der Waals surface area contributed by atoms with Crippen molar-refractivity contribution in [2.45, 2.75) is 6.18 Å². The molecule has 0 amide bonds. The standard InChI is InChI=1S/C10H12F3N3O/c1-16(2)8-4-3-6(10(11,12)13)5-7(8)9(14)15-17/h3-5,17H,1-2H3,(H2,14,15). The predicted octanol–water partition coefficient (Wildman–Crippen LogP) is 1.87. The Kier molecular flexibility index (Phi) is 3.50. The van der Waals surface area contributed by atoms with E-state index in [-0.39, 0.29) is 11.4 Å². The fourth-order valence-corrected chi connectivity index (χ4v) is 1.36. The van der Waals surface area contributed by atoms with Crippen LogP contribution < -0.4 is 10.6 Å². The van der Waals surface area contributed by atoms with Gasteiger partial charge in [-0.05, 0) is 18.2 Å². The fourth-order valence-electron chi connectivity index (χ4n) is 1.36. The molecule has 0 atom stereocenters. The lowest BCUT2D eigenvalue weighted by Gasteiger charge is -2.18. The van der Waals surface area contributed by atoms with Crippen molar-refractivity contribution in [1.82, 2.24) is 0 Å². The lowest BCUT2D eigenvalue weighted by molar-refractivity contribution is -0.137. The quantitative estimate of drug-likeness (QED) is 0.363. The zero-order valence-electron chi connectivity index (χ0n) is 9.28. The summed E-state index contributed by atoms with van der Waals surface area (Å²) in [5.41, 5.74) is 4.98. The molecule has 1 aromatic rings. The van der Waals surface area contributed by atoms with Crippen LogP contribution in [0, 0.1) is 0 Å². The molecule has 0 aliphatic heterocycles. The van der Waals surface area contributed by atoms with Gasteiger partial charge in [0.15, 0.2) is 5.84 Å². The predicted molar refractivity (Wildman–Crippen MR) is 58.3 cm³/mol. The van der Waals surface area contributed by atoms with E-state index < -0.39 is 11.7 Å². The number of oxime groups is 1. The Morgan fingerprint density at radius 2 is 1.94 bits per heavy atom. The van der Waals surface area contributed by atoms with Gasteiger partial charge in [0, 0.05) is 25.3 Å². The maximum Gasteiger partial charge on any atom is 0.416 e. The third-order valence-corrected chi connectivity index (χ3v) is 2.19. The minimum atomic E-state index is -4.46. The number of nitrogens with two attached hydrogens (primary N) is 1. The van der Waals surface area contributed by atoms with Crippen LogP contribution >= 0.6 is 0 Å². The van der Waals surface area contributed by atoms with Crippen molar-refractivity contribution in [3.8, 4) is 0 Å². The van der Waals surface area contributed by atoms with Crippen LogP contribution in [0.15, 0.2) is 23.4 Å². The third-order valence-electron chi connectivity index (χ3n) is 2.19. The van der Waals surface area contributed by atoms with Gasteiger partial charge in [0.1, 0.15) is 0 Å². The van der Waals surface area contributed by atoms with Crippen LogP contribution in [0.5, 0.6) is 0 Å². The molecule has 0 spiro atoms. The van der Waals surface area contributed by atoms with E-state index in [0.29, 0.717) is 5.69 Å². The second kappa shape index (κ2) is 4.52. The van der Waals surface area contributed by atoms with Crippen LogP contribution in [0.2, 0.25) is 0 Å². The summed E-state index contributed by atoms with van der Waals surface area (Å²) in [7, 11) is 3.30. The van der Waals surface area contributed by atoms with Gasteiger partial charge in [-0.15, -0.1) is 0 Å². The molecule has 7 heteroatoms. The maximum absolute atomic E-state index is 12.5. The van der Waals surface area contributed by atoms with Gasteiger partial charge in [0.05, 0.1) is 5.56 Å². The Morgan fingerprint density at radius 1 is 1.35 bits per heavy atom. The summed E-state index contributed by atoms with van der Waals surface area (Å²) in [6, 6.07) is 3.07. The molecule has 94 valence electrons. The number of hydrogen-bond acceptors (Lipinski definition) is 3. The van der Waals surface area contributed by atoms with Gasteiger partial charge in [-0.3, -0.25) is 0 Å². The molecule has 0 bridgehead atoms. The average molecular weight is 247 g/mol. The molecule has 0 aromatic heterocycles. The number of amidine groups is 1. The first-order valence-corrected chi connectivity index (χ1v) is 4.64. The van der Waals surface area contributed by atoms with Gasteiger partial charge in [0.2, 0.25) is 0 Å². The summed E-state index contributed by atoms with van der Waals surface area (Å²) >= 11 is 0. The Bertz CT molecular complexity index is 441. The highest BCUT2D eigenvalue weighted by Gasteiger charge is 2.31. The van der Waals surface area contributed by atoms with E-state index in [0.717, 1.165) is 12.1 Å². The molecule has 1 aromatic carbocycles. The Hall–Kier alpha value is -1.92. The van der Waals surface area contributed by atoms with Gasteiger partial charge in [-0.25, -0.2) is 0 Å². The highest BCUT2D eigenvalue weighted by atomic mass is 19.4. The SMILES string of the molecule is CN(C)c1ccc(C(F)(F)F)cc1/C(N)=N/O. The molecular weight excluding hydrogens is 235 g/mol. The van der Waals surface area contributed by atoms with E-state index >= 15 is 0 Å². The molecule has 0 fully saturated rings. The lowest BCUT2D eigenvalue weighted by Crippen LogP contribution is -2.21. The molecule has 0 aliphatic carbocycles. The van der Waals surface area contributed by atoms with Crippen LogP contribution in [0.4, 0.5) is 18.9 Å². The van der Waals surface area contributed by atoms with Gasteiger partial charge < -0.3 is 15.8 Å². The van der Waals surface area contributed by atoms with Crippen molar-refractivity contribution >= 4 is 11.5 Å². The van der Waals surface area contributed by atoms with Crippen molar-refractivity contribution < 1.29 is 18.4 Å². The first kappa shape index (κ1) is 13.1. The Morgan fingerprint density at radius 3 is 2.35 bits per heavy atom. The molecule has 17 heavy (non-hydrogen) atoms. The van der Waals surface area contributed by atoms with Crippen molar-refractivity contribution in [3.63, 3.8) is 0 Å². The van der Waals surface area contributed by atoms with Crippen molar-refractivity contribution in [3.05, 3.63) is 29.3 Å². The molecule has 0 saturated carbocycles. The number of benzene rings is 1. The first-order valence-electron chi connectivity index (χ1n) is 4.64. The van der Waals surface area contributed by atoms with Crippen LogP contribution in [0.25, 0.3) is 0 Å². The van der Waals surface area contributed by atoms with Crippen LogP contribution in [-0.4, -0.2) is 25.1 Å². The van der Waals surface area contributed by atoms with Gasteiger partial charge in [-0.2, -0.15) is 13.2 Å². The molecule has 0 unspecified atom stereocenters. The van der Waals surface area contributed by atoms with Gasteiger partial charge >= 0.3 is 6.18 Å². The van der Waals surface area contributed by atoms with E-state index in [1.807, 2.05) is 0 Å². The number of halogens is 3. The topological polar surface area (TPSA) is 61.8 Å². The molecule has 3 N–H and O–H groups in total. The van der Waals surface area contributed by atoms with E-state index in [4.69, 9.17) is 10.9 Å². The summed E-state index contributed by atoms with van der Waals surface area (Å²) in [6.07, 6.45) is -4.46. The zero-order valence-corrected chi connectivity index (χ0v) is 9.28.